The van der Waals surface area contributed by atoms with Crippen LogP contribution in [0.2, 0.25) is 0 Å². The van der Waals surface area contributed by atoms with Crippen molar-refractivity contribution in [3.8, 4) is 0 Å². The Bertz CT molecular complexity index is 493. The fourth-order valence-corrected chi connectivity index (χ4v) is 1.71. The van der Waals surface area contributed by atoms with Crippen LogP contribution in [-0.2, 0) is 10.9 Å². The monoisotopic (exact) mass is 328 g/mol. The fourth-order valence-electron chi connectivity index (χ4n) is 1.55. The van der Waals surface area contributed by atoms with Gasteiger partial charge in [-0.25, -0.2) is 8.78 Å². The van der Waals surface area contributed by atoms with E-state index in [1.54, 1.807) is 0 Å². The summed E-state index contributed by atoms with van der Waals surface area (Å²) < 4.78 is 66.5. The first-order chi connectivity index (χ1) is 9.71. The summed E-state index contributed by atoms with van der Waals surface area (Å²) in [7, 11) is 0. The number of ether oxygens (including phenoxy) is 1. The van der Waals surface area contributed by atoms with Crippen molar-refractivity contribution in [1.29, 1.82) is 0 Å². The van der Waals surface area contributed by atoms with E-state index < -0.39 is 24.8 Å². The molecular formula is C12H13F5N2OS. The zero-order valence-electron chi connectivity index (χ0n) is 10.7. The highest BCUT2D eigenvalue weighted by atomic mass is 32.1. The highest BCUT2D eigenvalue weighted by molar-refractivity contribution is 7.80. The molecule has 0 spiro atoms. The number of rotatable bonds is 7. The van der Waals surface area contributed by atoms with Crippen molar-refractivity contribution >= 4 is 22.9 Å². The van der Waals surface area contributed by atoms with Crippen LogP contribution < -0.4 is 11.1 Å². The predicted octanol–water partition coefficient (Wildman–Crippen LogP) is 3.03. The summed E-state index contributed by atoms with van der Waals surface area (Å²) in [6, 6.07) is 3.23. The topological polar surface area (TPSA) is 47.3 Å². The third-order valence-corrected chi connectivity index (χ3v) is 2.63. The Hall–Kier alpha value is -1.48. The average Bonchev–Trinajstić information content (AvgIpc) is 2.36. The van der Waals surface area contributed by atoms with E-state index >= 15 is 0 Å². The van der Waals surface area contributed by atoms with Gasteiger partial charge in [-0.2, -0.15) is 13.2 Å². The van der Waals surface area contributed by atoms with Gasteiger partial charge in [-0.05, 0) is 18.2 Å². The molecule has 1 aromatic rings. The second kappa shape index (κ2) is 7.51. The number of nitrogens with two attached hydrogens (primary N) is 1. The smallest absolute Gasteiger partial charge is 0.389 e. The normalized spacial score (nSPS) is 11.7. The quantitative estimate of drug-likeness (QED) is 0.459. The minimum atomic E-state index is -4.56. The standard InChI is InChI=1S/C12H13F5N2OS/c13-10(14)6-20-4-3-19-7-1-2-9(12(15,16)17)8(5-7)11(18)21/h1-2,5,10,19H,3-4,6H2,(H2,18,21). The van der Waals surface area contributed by atoms with Gasteiger partial charge in [0, 0.05) is 17.8 Å². The zero-order valence-corrected chi connectivity index (χ0v) is 11.5. The second-order valence-corrected chi connectivity index (χ2v) is 4.45. The molecule has 3 N–H and O–H groups in total. The first-order valence-corrected chi connectivity index (χ1v) is 6.23. The van der Waals surface area contributed by atoms with Crippen molar-refractivity contribution in [3.05, 3.63) is 29.3 Å². The van der Waals surface area contributed by atoms with Gasteiger partial charge in [0.1, 0.15) is 11.6 Å². The maximum atomic E-state index is 12.7. The predicted molar refractivity (Wildman–Crippen MR) is 72.6 cm³/mol. The van der Waals surface area contributed by atoms with Gasteiger partial charge in [0.2, 0.25) is 0 Å². The van der Waals surface area contributed by atoms with Crippen LogP contribution in [0.4, 0.5) is 27.6 Å². The molecule has 0 bridgehead atoms. The van der Waals surface area contributed by atoms with Crippen molar-refractivity contribution in [2.45, 2.75) is 12.6 Å². The maximum Gasteiger partial charge on any atom is 0.417 e. The molecule has 0 aliphatic heterocycles. The van der Waals surface area contributed by atoms with Gasteiger partial charge < -0.3 is 15.8 Å². The molecule has 0 amide bonds. The molecule has 0 radical (unpaired) electrons. The fraction of sp³-hybridized carbons (Fsp3) is 0.417. The molecule has 0 unspecified atom stereocenters. The van der Waals surface area contributed by atoms with Gasteiger partial charge in [0.05, 0.1) is 12.2 Å². The van der Waals surface area contributed by atoms with Crippen LogP contribution in [0.15, 0.2) is 18.2 Å². The number of benzene rings is 1. The van der Waals surface area contributed by atoms with Crippen molar-refractivity contribution in [3.63, 3.8) is 0 Å². The lowest BCUT2D eigenvalue weighted by atomic mass is 10.1. The molecule has 9 heteroatoms. The molecule has 0 saturated carbocycles. The Kier molecular flexibility index (Phi) is 6.28. The largest absolute Gasteiger partial charge is 0.417 e. The molecule has 0 heterocycles. The van der Waals surface area contributed by atoms with Crippen LogP contribution in [0.25, 0.3) is 0 Å². The van der Waals surface area contributed by atoms with Gasteiger partial charge >= 0.3 is 6.18 Å². The minimum absolute atomic E-state index is 0.00618. The molecule has 118 valence electrons. The number of thiocarbonyl (C=S) groups is 1. The lowest BCUT2D eigenvalue weighted by Crippen LogP contribution is -2.19. The Morgan fingerprint density at radius 2 is 2.00 bits per heavy atom. The Labute approximate surface area is 123 Å². The van der Waals surface area contributed by atoms with Crippen molar-refractivity contribution in [1.82, 2.24) is 0 Å². The van der Waals surface area contributed by atoms with Gasteiger partial charge in [-0.1, -0.05) is 12.2 Å². The van der Waals surface area contributed by atoms with E-state index in [1.807, 2.05) is 0 Å². The highest BCUT2D eigenvalue weighted by Crippen LogP contribution is 2.33. The Balaban J connectivity index is 2.69. The molecule has 0 aromatic heterocycles. The summed E-state index contributed by atoms with van der Waals surface area (Å²) in [5.41, 5.74) is 4.41. The van der Waals surface area contributed by atoms with Crippen LogP contribution in [0.3, 0.4) is 0 Å². The molecule has 0 atom stereocenters. The summed E-state index contributed by atoms with van der Waals surface area (Å²) in [6.45, 7) is -0.532. The van der Waals surface area contributed by atoms with E-state index in [0.717, 1.165) is 12.1 Å². The number of hydrogen-bond acceptors (Lipinski definition) is 3. The summed E-state index contributed by atoms with van der Waals surface area (Å²) in [4.78, 5) is -0.375. The number of alkyl halides is 5. The van der Waals surface area contributed by atoms with Crippen LogP contribution in [-0.4, -0.2) is 31.2 Å². The van der Waals surface area contributed by atoms with Gasteiger partial charge in [-0.15, -0.1) is 0 Å². The lowest BCUT2D eigenvalue weighted by Gasteiger charge is -2.14. The van der Waals surface area contributed by atoms with Gasteiger partial charge in [0.15, 0.2) is 0 Å². The van der Waals surface area contributed by atoms with E-state index in [0.29, 0.717) is 5.69 Å². The number of hydrogen-bond donors (Lipinski definition) is 2. The van der Waals surface area contributed by atoms with Gasteiger partial charge in [-0.3, -0.25) is 0 Å². The van der Waals surface area contributed by atoms with E-state index in [1.165, 1.54) is 6.07 Å². The zero-order chi connectivity index (χ0) is 16.0. The number of halogens is 5. The summed E-state index contributed by atoms with van der Waals surface area (Å²) in [5.74, 6) is 0. The first-order valence-electron chi connectivity index (χ1n) is 5.82. The average molecular weight is 328 g/mol. The molecule has 0 aliphatic carbocycles. The van der Waals surface area contributed by atoms with Crippen LogP contribution in [0.5, 0.6) is 0 Å². The number of anilines is 1. The summed E-state index contributed by atoms with van der Waals surface area (Å²) in [6.07, 6.45) is -7.12. The van der Waals surface area contributed by atoms with E-state index in [-0.39, 0.29) is 23.7 Å². The van der Waals surface area contributed by atoms with E-state index in [9.17, 15) is 22.0 Å². The molecule has 3 nitrogen and oxygen atoms in total. The molecule has 1 aromatic carbocycles. The maximum absolute atomic E-state index is 12.7. The molecule has 21 heavy (non-hydrogen) atoms. The molecular weight excluding hydrogens is 315 g/mol. The first kappa shape index (κ1) is 17.6. The minimum Gasteiger partial charge on any atom is -0.389 e. The third-order valence-electron chi connectivity index (χ3n) is 2.41. The highest BCUT2D eigenvalue weighted by Gasteiger charge is 2.33. The van der Waals surface area contributed by atoms with Crippen molar-refractivity contribution in [2.75, 3.05) is 25.1 Å². The lowest BCUT2D eigenvalue weighted by molar-refractivity contribution is -0.137. The molecule has 0 saturated heterocycles. The van der Waals surface area contributed by atoms with E-state index in [2.05, 4.69) is 22.3 Å². The molecule has 0 fully saturated rings. The van der Waals surface area contributed by atoms with Crippen molar-refractivity contribution in [2.24, 2.45) is 5.73 Å². The van der Waals surface area contributed by atoms with Crippen molar-refractivity contribution < 1.29 is 26.7 Å². The number of nitrogens with one attached hydrogen (secondary N) is 1. The molecule has 1 rings (SSSR count). The molecule has 0 aliphatic rings. The van der Waals surface area contributed by atoms with Gasteiger partial charge in [0.25, 0.3) is 6.43 Å². The second-order valence-electron chi connectivity index (χ2n) is 4.02. The summed E-state index contributed by atoms with van der Waals surface area (Å²) >= 11 is 4.60. The SMILES string of the molecule is NC(=S)c1cc(NCCOCC(F)F)ccc1C(F)(F)F. The summed E-state index contributed by atoms with van der Waals surface area (Å²) in [5, 5.41) is 2.74. The third kappa shape index (κ3) is 5.80. The van der Waals surface area contributed by atoms with E-state index in [4.69, 9.17) is 5.73 Å². The Morgan fingerprint density at radius 3 is 2.52 bits per heavy atom. The van der Waals surface area contributed by atoms with Crippen LogP contribution in [0, 0.1) is 0 Å². The Morgan fingerprint density at radius 1 is 1.33 bits per heavy atom. The van der Waals surface area contributed by atoms with Crippen LogP contribution in [0.1, 0.15) is 11.1 Å². The van der Waals surface area contributed by atoms with Crippen LogP contribution >= 0.6 is 12.2 Å².